The second kappa shape index (κ2) is 11.3. The SMILES string of the molecule is CCOc1ccc(/C=C(\C#N)C(=O)Oc2ccc3cc(C(=O)NCC4CCCO4)c(=O)oc3c2)cc1. The van der Waals surface area contributed by atoms with Crippen LogP contribution in [0, 0.1) is 11.3 Å². The molecule has 0 radical (unpaired) electrons. The van der Waals surface area contributed by atoms with Crippen LogP contribution in [0.15, 0.2) is 63.3 Å². The van der Waals surface area contributed by atoms with E-state index < -0.39 is 17.5 Å². The van der Waals surface area contributed by atoms with Crippen LogP contribution in [0.1, 0.15) is 35.7 Å². The summed E-state index contributed by atoms with van der Waals surface area (Å²) in [4.78, 5) is 37.4. The number of ether oxygens (including phenoxy) is 3. The van der Waals surface area contributed by atoms with Crippen LogP contribution in [0.5, 0.6) is 11.5 Å². The van der Waals surface area contributed by atoms with E-state index in [0.29, 0.717) is 36.5 Å². The minimum Gasteiger partial charge on any atom is -0.494 e. The molecule has 0 spiro atoms. The molecule has 2 heterocycles. The molecule has 0 aliphatic carbocycles. The van der Waals surface area contributed by atoms with Gasteiger partial charge in [-0.25, -0.2) is 9.59 Å². The fraction of sp³-hybridized carbons (Fsp3) is 0.259. The van der Waals surface area contributed by atoms with Gasteiger partial charge in [0.1, 0.15) is 34.3 Å². The van der Waals surface area contributed by atoms with Crippen LogP contribution in [0.3, 0.4) is 0 Å². The number of hydrogen-bond acceptors (Lipinski definition) is 8. The lowest BCUT2D eigenvalue weighted by molar-refractivity contribution is -0.129. The summed E-state index contributed by atoms with van der Waals surface area (Å²) in [5, 5.41) is 12.6. The van der Waals surface area contributed by atoms with Gasteiger partial charge in [-0.05, 0) is 61.7 Å². The molecule has 1 unspecified atom stereocenters. The lowest BCUT2D eigenvalue weighted by Gasteiger charge is -2.10. The Morgan fingerprint density at radius 2 is 1.94 bits per heavy atom. The molecular formula is C27H24N2O7. The van der Waals surface area contributed by atoms with Gasteiger partial charge in [0.2, 0.25) is 0 Å². The van der Waals surface area contributed by atoms with Gasteiger partial charge in [-0.3, -0.25) is 4.79 Å². The Bertz CT molecular complexity index is 1390. The Kier molecular flexibility index (Phi) is 7.78. The lowest BCUT2D eigenvalue weighted by Crippen LogP contribution is -2.34. The summed E-state index contributed by atoms with van der Waals surface area (Å²) in [6.07, 6.45) is 3.15. The number of rotatable bonds is 8. The number of benzene rings is 2. The fourth-order valence-electron chi connectivity index (χ4n) is 3.71. The van der Waals surface area contributed by atoms with E-state index in [-0.39, 0.29) is 28.6 Å². The molecule has 184 valence electrons. The number of nitriles is 1. The van der Waals surface area contributed by atoms with Crippen molar-refractivity contribution in [3.05, 3.63) is 75.7 Å². The molecule has 3 aromatic rings. The maximum Gasteiger partial charge on any atom is 0.354 e. The zero-order valence-electron chi connectivity index (χ0n) is 19.6. The van der Waals surface area contributed by atoms with Crippen molar-refractivity contribution in [1.29, 1.82) is 5.26 Å². The van der Waals surface area contributed by atoms with Crippen LogP contribution in [-0.2, 0) is 9.53 Å². The minimum atomic E-state index is -0.863. The van der Waals surface area contributed by atoms with E-state index in [1.165, 1.54) is 24.3 Å². The van der Waals surface area contributed by atoms with E-state index in [1.54, 1.807) is 30.3 Å². The predicted molar refractivity (Wildman–Crippen MR) is 131 cm³/mol. The van der Waals surface area contributed by atoms with E-state index in [9.17, 15) is 19.6 Å². The summed E-state index contributed by atoms with van der Waals surface area (Å²) in [5.41, 5.74) is -0.394. The topological polar surface area (TPSA) is 128 Å². The predicted octanol–water partition coefficient (Wildman–Crippen LogP) is 3.61. The van der Waals surface area contributed by atoms with E-state index in [2.05, 4.69) is 5.32 Å². The largest absolute Gasteiger partial charge is 0.494 e. The number of nitrogens with one attached hydrogen (secondary N) is 1. The second-order valence-corrected chi connectivity index (χ2v) is 8.05. The normalized spacial score (nSPS) is 15.3. The van der Waals surface area contributed by atoms with Gasteiger partial charge >= 0.3 is 11.6 Å². The van der Waals surface area contributed by atoms with Gasteiger partial charge in [0.25, 0.3) is 5.91 Å². The fourth-order valence-corrected chi connectivity index (χ4v) is 3.71. The number of esters is 1. The van der Waals surface area contributed by atoms with Gasteiger partial charge in [-0.15, -0.1) is 0 Å². The first-order valence-electron chi connectivity index (χ1n) is 11.5. The Labute approximate surface area is 206 Å². The molecule has 0 saturated carbocycles. The molecule has 1 fully saturated rings. The molecule has 2 aromatic carbocycles. The maximum absolute atomic E-state index is 12.6. The van der Waals surface area contributed by atoms with Crippen molar-refractivity contribution >= 4 is 28.9 Å². The molecule has 1 N–H and O–H groups in total. The average molecular weight is 488 g/mol. The molecule has 1 amide bonds. The Morgan fingerprint density at radius 3 is 2.64 bits per heavy atom. The summed E-state index contributed by atoms with van der Waals surface area (Å²) in [7, 11) is 0. The molecule has 1 aliphatic rings. The minimum absolute atomic E-state index is 0.0551. The molecule has 0 bridgehead atoms. The highest BCUT2D eigenvalue weighted by molar-refractivity contribution is 5.99. The van der Waals surface area contributed by atoms with Gasteiger partial charge in [-0.1, -0.05) is 12.1 Å². The van der Waals surface area contributed by atoms with Crippen molar-refractivity contribution in [2.45, 2.75) is 25.9 Å². The highest BCUT2D eigenvalue weighted by Gasteiger charge is 2.19. The standard InChI is InChI=1S/C27H24N2O7/c1-2-33-20-8-5-17(6-9-20)12-19(15-28)26(31)35-21-10-7-18-13-23(27(32)36-24(18)14-21)25(30)29-16-22-4-3-11-34-22/h5-10,12-14,22H,2-4,11,16H2,1H3,(H,29,30)/b19-12+. The molecule has 1 atom stereocenters. The highest BCUT2D eigenvalue weighted by Crippen LogP contribution is 2.22. The van der Waals surface area contributed by atoms with Crippen molar-refractivity contribution in [1.82, 2.24) is 5.32 Å². The molecule has 4 rings (SSSR count). The quantitative estimate of drug-likeness (QED) is 0.167. The van der Waals surface area contributed by atoms with Gasteiger partial charge in [-0.2, -0.15) is 5.26 Å². The summed E-state index contributed by atoms with van der Waals surface area (Å²) in [6.45, 7) is 3.38. The molecule has 36 heavy (non-hydrogen) atoms. The third-order valence-corrected chi connectivity index (χ3v) is 5.52. The van der Waals surface area contributed by atoms with Crippen molar-refractivity contribution in [3.63, 3.8) is 0 Å². The third kappa shape index (κ3) is 5.98. The highest BCUT2D eigenvalue weighted by atomic mass is 16.5. The van der Waals surface area contributed by atoms with E-state index >= 15 is 0 Å². The van der Waals surface area contributed by atoms with Gasteiger partial charge in [0.15, 0.2) is 0 Å². The summed E-state index contributed by atoms with van der Waals surface area (Å²) >= 11 is 0. The van der Waals surface area contributed by atoms with Gasteiger partial charge in [0, 0.05) is 24.6 Å². The monoisotopic (exact) mass is 488 g/mol. The van der Waals surface area contributed by atoms with Gasteiger partial charge < -0.3 is 23.9 Å². The lowest BCUT2D eigenvalue weighted by atomic mass is 10.1. The summed E-state index contributed by atoms with van der Waals surface area (Å²) in [5.74, 6) is -0.649. The summed E-state index contributed by atoms with van der Waals surface area (Å²) in [6, 6.07) is 14.6. The smallest absolute Gasteiger partial charge is 0.354 e. The van der Waals surface area contributed by atoms with Gasteiger partial charge in [0.05, 0.1) is 12.7 Å². The van der Waals surface area contributed by atoms with Crippen molar-refractivity contribution in [3.8, 4) is 17.6 Å². The first-order chi connectivity index (χ1) is 17.5. The zero-order valence-corrected chi connectivity index (χ0v) is 19.6. The van der Waals surface area contributed by atoms with Crippen molar-refractivity contribution in [2.24, 2.45) is 0 Å². The number of nitrogens with zero attached hydrogens (tertiary/aromatic N) is 1. The van der Waals surface area contributed by atoms with E-state index in [4.69, 9.17) is 18.6 Å². The number of amides is 1. The second-order valence-electron chi connectivity index (χ2n) is 8.05. The Morgan fingerprint density at radius 1 is 1.17 bits per heavy atom. The third-order valence-electron chi connectivity index (χ3n) is 5.52. The zero-order chi connectivity index (χ0) is 25.5. The number of hydrogen-bond donors (Lipinski definition) is 1. The Balaban J connectivity index is 1.47. The van der Waals surface area contributed by atoms with Crippen LogP contribution >= 0.6 is 0 Å². The average Bonchev–Trinajstić information content (AvgIpc) is 3.40. The first-order valence-corrected chi connectivity index (χ1v) is 11.5. The number of fused-ring (bicyclic) bond motifs is 1. The van der Waals surface area contributed by atoms with Crippen LogP contribution in [0.4, 0.5) is 0 Å². The number of carbonyl (C=O) groups excluding carboxylic acids is 2. The molecule has 1 aliphatic heterocycles. The van der Waals surface area contributed by atoms with Crippen LogP contribution in [0.25, 0.3) is 17.0 Å². The van der Waals surface area contributed by atoms with E-state index in [1.807, 2.05) is 13.0 Å². The molecule has 1 aromatic heterocycles. The maximum atomic E-state index is 12.6. The van der Waals surface area contributed by atoms with Crippen molar-refractivity contribution < 1.29 is 28.2 Å². The molecule has 9 heteroatoms. The van der Waals surface area contributed by atoms with Crippen LogP contribution in [-0.4, -0.2) is 37.7 Å². The molecule has 1 saturated heterocycles. The van der Waals surface area contributed by atoms with Crippen molar-refractivity contribution in [2.75, 3.05) is 19.8 Å². The summed E-state index contributed by atoms with van der Waals surface area (Å²) < 4.78 is 21.5. The first kappa shape index (κ1) is 24.7. The van der Waals surface area contributed by atoms with Crippen LogP contribution < -0.4 is 20.4 Å². The van der Waals surface area contributed by atoms with E-state index in [0.717, 1.165) is 12.8 Å². The van der Waals surface area contributed by atoms with Crippen LogP contribution in [0.2, 0.25) is 0 Å². The number of carbonyl (C=O) groups is 2. The molecular weight excluding hydrogens is 464 g/mol. The molecule has 9 nitrogen and oxygen atoms in total. The Hall–Kier alpha value is -4.42.